The van der Waals surface area contributed by atoms with Crippen molar-refractivity contribution in [2.45, 2.75) is 25.9 Å². The van der Waals surface area contributed by atoms with Gasteiger partial charge in [-0.1, -0.05) is 24.3 Å². The Hall–Kier alpha value is -4.00. The summed E-state index contributed by atoms with van der Waals surface area (Å²) in [6, 6.07) is 19.7. The second-order valence-electron chi connectivity index (χ2n) is 7.93. The Morgan fingerprint density at radius 3 is 2.41 bits per heavy atom. The number of methoxy groups -OCH3 is 2. The first-order valence-electron chi connectivity index (χ1n) is 11.2. The van der Waals surface area contributed by atoms with Crippen LogP contribution in [0.25, 0.3) is 0 Å². The Morgan fingerprint density at radius 2 is 1.74 bits per heavy atom. The van der Waals surface area contributed by atoms with Crippen molar-refractivity contribution in [3.63, 3.8) is 0 Å². The maximum Gasteiger partial charge on any atom is 0.255 e. The normalized spacial score (nSPS) is 13.3. The average Bonchev–Trinajstić information content (AvgIpc) is 3.19. The van der Waals surface area contributed by atoms with E-state index >= 15 is 0 Å². The maximum absolute atomic E-state index is 13.3. The standard InChI is InChI=1S/C27H28N2O5/c1-4-34-21-12-10-20(11-13-21)28-26(30)16-23(18-9-14-24(32-2)25(15-18)33-3)29-17-19-7-5-6-8-22(19)27(29)31/h5-15,23H,4,16-17H2,1-3H3,(H,28,30)/t23-/m1/s1. The molecule has 0 saturated carbocycles. The van der Waals surface area contributed by atoms with Gasteiger partial charge in [-0.2, -0.15) is 0 Å². The molecule has 4 rings (SSSR count). The van der Waals surface area contributed by atoms with Crippen LogP contribution in [0.3, 0.4) is 0 Å². The molecule has 1 atom stereocenters. The third kappa shape index (κ3) is 4.83. The predicted molar refractivity (Wildman–Crippen MR) is 129 cm³/mol. The summed E-state index contributed by atoms with van der Waals surface area (Å²) in [7, 11) is 3.13. The van der Waals surface area contributed by atoms with Gasteiger partial charge in [0.2, 0.25) is 5.91 Å². The number of amides is 2. The SMILES string of the molecule is CCOc1ccc(NC(=O)C[C@H](c2ccc(OC)c(OC)c2)N2Cc3ccccc3C2=O)cc1. The Bertz CT molecular complexity index is 1180. The molecule has 1 N–H and O–H groups in total. The van der Waals surface area contributed by atoms with Crippen LogP contribution in [0.5, 0.6) is 17.2 Å². The van der Waals surface area contributed by atoms with Crippen LogP contribution in [0, 0.1) is 0 Å². The molecule has 1 aliphatic rings. The van der Waals surface area contributed by atoms with Crippen LogP contribution >= 0.6 is 0 Å². The fraction of sp³-hybridized carbons (Fsp3) is 0.259. The Morgan fingerprint density at radius 1 is 1.00 bits per heavy atom. The number of ether oxygens (including phenoxy) is 3. The molecule has 1 heterocycles. The molecule has 2 amide bonds. The lowest BCUT2D eigenvalue weighted by atomic mass is 10.0. The van der Waals surface area contributed by atoms with Gasteiger partial charge in [-0.3, -0.25) is 9.59 Å². The van der Waals surface area contributed by atoms with Gasteiger partial charge in [0.05, 0.1) is 33.3 Å². The quantitative estimate of drug-likeness (QED) is 0.495. The smallest absolute Gasteiger partial charge is 0.255 e. The van der Waals surface area contributed by atoms with Crippen LogP contribution in [0.4, 0.5) is 5.69 Å². The number of benzene rings is 3. The van der Waals surface area contributed by atoms with E-state index < -0.39 is 6.04 Å². The zero-order valence-electron chi connectivity index (χ0n) is 19.5. The number of rotatable bonds is 9. The van der Waals surface area contributed by atoms with Crippen molar-refractivity contribution >= 4 is 17.5 Å². The first-order valence-corrected chi connectivity index (χ1v) is 11.2. The minimum atomic E-state index is -0.484. The van der Waals surface area contributed by atoms with Gasteiger partial charge in [0.1, 0.15) is 5.75 Å². The predicted octanol–water partition coefficient (Wildman–Crippen LogP) is 4.83. The van der Waals surface area contributed by atoms with Crippen molar-refractivity contribution in [1.82, 2.24) is 4.90 Å². The van der Waals surface area contributed by atoms with Gasteiger partial charge in [-0.15, -0.1) is 0 Å². The highest BCUT2D eigenvalue weighted by Gasteiger charge is 2.34. The summed E-state index contributed by atoms with van der Waals surface area (Å²) >= 11 is 0. The molecule has 7 nitrogen and oxygen atoms in total. The van der Waals surface area contributed by atoms with Crippen LogP contribution in [0.2, 0.25) is 0 Å². The van der Waals surface area contributed by atoms with E-state index in [1.54, 1.807) is 37.3 Å². The van der Waals surface area contributed by atoms with Crippen LogP contribution in [0.1, 0.15) is 40.9 Å². The van der Waals surface area contributed by atoms with Crippen molar-refractivity contribution in [3.05, 3.63) is 83.4 Å². The fourth-order valence-corrected chi connectivity index (χ4v) is 4.19. The number of carbonyl (C=O) groups excluding carboxylic acids is 2. The van der Waals surface area contributed by atoms with E-state index in [1.165, 1.54) is 0 Å². The highest BCUT2D eigenvalue weighted by Crippen LogP contribution is 2.37. The van der Waals surface area contributed by atoms with Crippen LogP contribution in [-0.2, 0) is 11.3 Å². The number of carbonyl (C=O) groups is 2. The van der Waals surface area contributed by atoms with E-state index in [4.69, 9.17) is 14.2 Å². The molecule has 7 heteroatoms. The molecule has 176 valence electrons. The summed E-state index contributed by atoms with van der Waals surface area (Å²) in [6.45, 7) is 2.93. The number of anilines is 1. The second-order valence-corrected chi connectivity index (χ2v) is 7.93. The highest BCUT2D eigenvalue weighted by atomic mass is 16.5. The van der Waals surface area contributed by atoms with Gasteiger partial charge in [-0.25, -0.2) is 0 Å². The topological polar surface area (TPSA) is 77.1 Å². The molecule has 3 aromatic rings. The maximum atomic E-state index is 13.3. The van der Waals surface area contributed by atoms with Gasteiger partial charge in [0, 0.05) is 17.8 Å². The number of nitrogens with zero attached hydrogens (tertiary/aromatic N) is 1. The Labute approximate surface area is 199 Å². The molecule has 0 saturated heterocycles. The van der Waals surface area contributed by atoms with E-state index in [0.29, 0.717) is 35.9 Å². The molecule has 0 aromatic heterocycles. The molecular weight excluding hydrogens is 432 g/mol. The van der Waals surface area contributed by atoms with E-state index in [2.05, 4.69) is 5.32 Å². The van der Waals surface area contributed by atoms with Crippen molar-refractivity contribution in [3.8, 4) is 17.2 Å². The molecule has 0 fully saturated rings. The third-order valence-electron chi connectivity index (χ3n) is 5.85. The summed E-state index contributed by atoms with van der Waals surface area (Å²) in [5.74, 6) is 1.57. The first kappa shape index (κ1) is 23.2. The summed E-state index contributed by atoms with van der Waals surface area (Å²) in [5, 5.41) is 2.93. The lowest BCUT2D eigenvalue weighted by molar-refractivity contribution is -0.117. The monoisotopic (exact) mass is 460 g/mol. The Kier molecular flexibility index (Phi) is 7.01. The van der Waals surface area contributed by atoms with E-state index in [9.17, 15) is 9.59 Å². The van der Waals surface area contributed by atoms with Crippen LogP contribution in [0.15, 0.2) is 66.7 Å². The number of nitrogens with one attached hydrogen (secondary N) is 1. The Balaban J connectivity index is 1.60. The highest BCUT2D eigenvalue weighted by molar-refractivity contribution is 5.99. The number of fused-ring (bicyclic) bond motifs is 1. The first-order chi connectivity index (χ1) is 16.5. The molecule has 0 radical (unpaired) electrons. The molecule has 1 aliphatic heterocycles. The zero-order valence-corrected chi connectivity index (χ0v) is 19.5. The van der Waals surface area contributed by atoms with Crippen LogP contribution in [-0.4, -0.2) is 37.5 Å². The fourth-order valence-electron chi connectivity index (χ4n) is 4.19. The summed E-state index contributed by atoms with van der Waals surface area (Å²) in [5.41, 5.74) is 3.07. The molecule has 0 spiro atoms. The van der Waals surface area contributed by atoms with E-state index in [0.717, 1.165) is 16.9 Å². The molecule has 0 aliphatic carbocycles. The largest absolute Gasteiger partial charge is 0.494 e. The minimum Gasteiger partial charge on any atom is -0.494 e. The summed E-state index contributed by atoms with van der Waals surface area (Å²) in [6.07, 6.45) is 0.0857. The number of hydrogen-bond donors (Lipinski definition) is 1. The van der Waals surface area contributed by atoms with Crippen molar-refractivity contribution in [2.24, 2.45) is 0 Å². The molecule has 0 bridgehead atoms. The zero-order chi connectivity index (χ0) is 24.1. The molecule has 34 heavy (non-hydrogen) atoms. The lowest BCUT2D eigenvalue weighted by Gasteiger charge is -2.28. The van der Waals surface area contributed by atoms with Crippen molar-refractivity contribution in [1.29, 1.82) is 0 Å². The summed E-state index contributed by atoms with van der Waals surface area (Å²) < 4.78 is 16.3. The third-order valence-corrected chi connectivity index (χ3v) is 5.85. The van der Waals surface area contributed by atoms with Gasteiger partial charge in [0.25, 0.3) is 5.91 Å². The molecular formula is C27H28N2O5. The van der Waals surface area contributed by atoms with Gasteiger partial charge in [0.15, 0.2) is 11.5 Å². The van der Waals surface area contributed by atoms with Crippen molar-refractivity contribution in [2.75, 3.05) is 26.1 Å². The molecule has 0 unspecified atom stereocenters. The van der Waals surface area contributed by atoms with Crippen molar-refractivity contribution < 1.29 is 23.8 Å². The van der Waals surface area contributed by atoms with E-state index in [1.807, 2.05) is 55.5 Å². The van der Waals surface area contributed by atoms with Gasteiger partial charge in [-0.05, 0) is 60.5 Å². The van der Waals surface area contributed by atoms with Gasteiger partial charge < -0.3 is 24.4 Å². The minimum absolute atomic E-state index is 0.0857. The average molecular weight is 461 g/mol. The molecule has 3 aromatic carbocycles. The summed E-state index contributed by atoms with van der Waals surface area (Å²) in [4.78, 5) is 28.1. The lowest BCUT2D eigenvalue weighted by Crippen LogP contribution is -2.32. The second kappa shape index (κ2) is 10.3. The van der Waals surface area contributed by atoms with Gasteiger partial charge >= 0.3 is 0 Å². The number of hydrogen-bond acceptors (Lipinski definition) is 5. The van der Waals surface area contributed by atoms with E-state index in [-0.39, 0.29) is 18.2 Å². The van der Waals surface area contributed by atoms with Crippen LogP contribution < -0.4 is 19.5 Å².